The molecule has 138 valence electrons. The highest BCUT2D eigenvalue weighted by Crippen LogP contribution is 2.45. The van der Waals surface area contributed by atoms with Crippen molar-refractivity contribution in [2.24, 2.45) is 17.1 Å². The first-order chi connectivity index (χ1) is 11.0. The van der Waals surface area contributed by atoms with Crippen molar-refractivity contribution in [3.8, 4) is 0 Å². The minimum absolute atomic E-state index is 0.0659. The van der Waals surface area contributed by atoms with Crippen LogP contribution < -0.4 is 5.73 Å². The molecular formula is C18H32N2O4. The molecule has 3 N–H and O–H groups in total. The number of ether oxygens (including phenoxy) is 1. The topological polar surface area (TPSA) is 92.9 Å². The molecular weight excluding hydrogens is 308 g/mol. The standard InChI is InChI=1S/C18H32N2O4/c1-16(2,3)7-8-17(23)10-13(11-17)14(21)20-9-5-6-18(20,12-24-4)15(19)22/h13,23H,5-12H2,1-4H3,(H2,19,22). The second kappa shape index (κ2) is 6.64. The molecule has 2 aliphatic rings. The van der Waals surface area contributed by atoms with E-state index in [4.69, 9.17) is 10.5 Å². The van der Waals surface area contributed by atoms with E-state index in [1.807, 2.05) is 0 Å². The van der Waals surface area contributed by atoms with Gasteiger partial charge in [0.05, 0.1) is 12.2 Å². The first-order valence-corrected chi connectivity index (χ1v) is 8.86. The van der Waals surface area contributed by atoms with E-state index >= 15 is 0 Å². The molecule has 2 amide bonds. The van der Waals surface area contributed by atoms with Gasteiger partial charge in [0.15, 0.2) is 0 Å². The molecule has 1 atom stereocenters. The second-order valence-electron chi connectivity index (χ2n) is 8.81. The summed E-state index contributed by atoms with van der Waals surface area (Å²) in [5, 5.41) is 10.6. The van der Waals surface area contributed by atoms with E-state index in [1.165, 1.54) is 7.11 Å². The lowest BCUT2D eigenvalue weighted by Crippen LogP contribution is -2.62. The quantitative estimate of drug-likeness (QED) is 0.765. The van der Waals surface area contributed by atoms with Crippen LogP contribution in [0.4, 0.5) is 0 Å². The Labute approximate surface area is 144 Å². The molecule has 24 heavy (non-hydrogen) atoms. The average molecular weight is 340 g/mol. The number of carbonyl (C=O) groups excluding carboxylic acids is 2. The highest BCUT2D eigenvalue weighted by Gasteiger charge is 2.54. The summed E-state index contributed by atoms with van der Waals surface area (Å²) >= 11 is 0. The third-order valence-corrected chi connectivity index (χ3v) is 5.54. The molecule has 0 aromatic heterocycles. The zero-order valence-corrected chi connectivity index (χ0v) is 15.4. The van der Waals surface area contributed by atoms with Crippen LogP contribution in [0.15, 0.2) is 0 Å². The first kappa shape index (κ1) is 19.2. The van der Waals surface area contributed by atoms with Crippen molar-refractivity contribution in [2.45, 2.75) is 70.4 Å². The largest absolute Gasteiger partial charge is 0.390 e. The monoisotopic (exact) mass is 340 g/mol. The summed E-state index contributed by atoms with van der Waals surface area (Å²) in [6.07, 6.45) is 3.87. The fourth-order valence-corrected chi connectivity index (χ4v) is 3.98. The number of carbonyl (C=O) groups is 2. The Morgan fingerprint density at radius 2 is 1.96 bits per heavy atom. The molecule has 0 bridgehead atoms. The third-order valence-electron chi connectivity index (χ3n) is 5.54. The highest BCUT2D eigenvalue weighted by atomic mass is 16.5. The van der Waals surface area contributed by atoms with E-state index in [1.54, 1.807) is 4.90 Å². The normalized spacial score (nSPS) is 33.4. The Morgan fingerprint density at radius 1 is 1.33 bits per heavy atom. The van der Waals surface area contributed by atoms with Gasteiger partial charge in [0, 0.05) is 19.6 Å². The zero-order valence-electron chi connectivity index (χ0n) is 15.4. The van der Waals surface area contributed by atoms with Crippen LogP contribution >= 0.6 is 0 Å². The van der Waals surface area contributed by atoms with Gasteiger partial charge in [-0.2, -0.15) is 0 Å². The summed E-state index contributed by atoms with van der Waals surface area (Å²) in [6.45, 7) is 7.10. The number of primary amides is 1. The molecule has 2 fully saturated rings. The van der Waals surface area contributed by atoms with Crippen LogP contribution in [0, 0.1) is 11.3 Å². The van der Waals surface area contributed by atoms with Gasteiger partial charge in [-0.1, -0.05) is 20.8 Å². The van der Waals surface area contributed by atoms with Gasteiger partial charge >= 0.3 is 0 Å². The molecule has 1 unspecified atom stereocenters. The van der Waals surface area contributed by atoms with E-state index in [0.29, 0.717) is 32.2 Å². The first-order valence-electron chi connectivity index (χ1n) is 8.86. The summed E-state index contributed by atoms with van der Waals surface area (Å²) in [5.74, 6) is -0.787. The number of methoxy groups -OCH3 is 1. The smallest absolute Gasteiger partial charge is 0.245 e. The molecule has 0 aromatic rings. The van der Waals surface area contributed by atoms with Gasteiger partial charge in [-0.25, -0.2) is 0 Å². The number of hydrogen-bond donors (Lipinski definition) is 2. The summed E-state index contributed by atoms with van der Waals surface area (Å²) in [7, 11) is 1.51. The lowest BCUT2D eigenvalue weighted by atomic mass is 9.66. The fraction of sp³-hybridized carbons (Fsp3) is 0.889. The van der Waals surface area contributed by atoms with Crippen molar-refractivity contribution in [3.05, 3.63) is 0 Å². The predicted molar refractivity (Wildman–Crippen MR) is 91.1 cm³/mol. The van der Waals surface area contributed by atoms with Crippen molar-refractivity contribution in [1.82, 2.24) is 4.90 Å². The molecule has 1 aliphatic carbocycles. The van der Waals surface area contributed by atoms with Crippen LogP contribution in [0.1, 0.15) is 59.3 Å². The second-order valence-corrected chi connectivity index (χ2v) is 8.81. The average Bonchev–Trinajstić information content (AvgIpc) is 2.86. The fourth-order valence-electron chi connectivity index (χ4n) is 3.98. The van der Waals surface area contributed by atoms with Crippen LogP contribution in [-0.4, -0.2) is 53.2 Å². The lowest BCUT2D eigenvalue weighted by molar-refractivity contribution is -0.162. The van der Waals surface area contributed by atoms with Gasteiger partial charge < -0.3 is 20.5 Å². The van der Waals surface area contributed by atoms with Crippen molar-refractivity contribution < 1.29 is 19.4 Å². The van der Waals surface area contributed by atoms with Crippen molar-refractivity contribution in [3.63, 3.8) is 0 Å². The maximum Gasteiger partial charge on any atom is 0.245 e. The van der Waals surface area contributed by atoms with E-state index in [0.717, 1.165) is 12.8 Å². The maximum atomic E-state index is 12.9. The Balaban J connectivity index is 1.99. The van der Waals surface area contributed by atoms with Crippen LogP contribution in [0.2, 0.25) is 0 Å². The predicted octanol–water partition coefficient (Wildman–Crippen LogP) is 1.45. The highest BCUT2D eigenvalue weighted by molar-refractivity contribution is 5.92. The molecule has 6 nitrogen and oxygen atoms in total. The summed E-state index contributed by atoms with van der Waals surface area (Å²) in [4.78, 5) is 26.5. The lowest BCUT2D eigenvalue weighted by Gasteiger charge is -2.47. The van der Waals surface area contributed by atoms with E-state index < -0.39 is 17.0 Å². The van der Waals surface area contributed by atoms with Crippen LogP contribution in [0.25, 0.3) is 0 Å². The number of nitrogens with zero attached hydrogens (tertiary/aromatic N) is 1. The Bertz CT molecular complexity index is 494. The summed E-state index contributed by atoms with van der Waals surface area (Å²) in [5.41, 5.74) is 3.99. The Kier molecular flexibility index (Phi) is 5.31. The summed E-state index contributed by atoms with van der Waals surface area (Å²) in [6, 6.07) is 0. The molecule has 1 heterocycles. The van der Waals surface area contributed by atoms with Crippen molar-refractivity contribution >= 4 is 11.8 Å². The number of rotatable bonds is 6. The number of hydrogen-bond acceptors (Lipinski definition) is 4. The van der Waals surface area contributed by atoms with Gasteiger partial charge in [-0.15, -0.1) is 0 Å². The van der Waals surface area contributed by atoms with Gasteiger partial charge in [0.2, 0.25) is 11.8 Å². The number of nitrogens with two attached hydrogens (primary N) is 1. The van der Waals surface area contributed by atoms with Gasteiger partial charge in [-0.3, -0.25) is 9.59 Å². The minimum Gasteiger partial charge on any atom is -0.390 e. The SMILES string of the molecule is COCC1(C(N)=O)CCCN1C(=O)C1CC(O)(CCC(C)(C)C)C1. The van der Waals surface area contributed by atoms with E-state index in [9.17, 15) is 14.7 Å². The van der Waals surface area contributed by atoms with Crippen molar-refractivity contribution in [2.75, 3.05) is 20.3 Å². The number of aliphatic hydroxyl groups is 1. The van der Waals surface area contributed by atoms with Crippen LogP contribution in [0.3, 0.4) is 0 Å². The van der Waals surface area contributed by atoms with Crippen molar-refractivity contribution in [1.29, 1.82) is 0 Å². The molecule has 0 radical (unpaired) electrons. The minimum atomic E-state index is -1.02. The van der Waals surface area contributed by atoms with E-state index in [2.05, 4.69) is 20.8 Å². The summed E-state index contributed by atoms with van der Waals surface area (Å²) < 4.78 is 5.18. The molecule has 1 saturated carbocycles. The molecule has 0 spiro atoms. The van der Waals surface area contributed by atoms with Gasteiger partial charge in [-0.05, 0) is 43.9 Å². The zero-order chi connectivity index (χ0) is 18.2. The molecule has 2 rings (SSSR count). The molecule has 1 aliphatic heterocycles. The number of likely N-dealkylation sites (tertiary alicyclic amines) is 1. The maximum absolute atomic E-state index is 12.9. The molecule has 6 heteroatoms. The Hall–Kier alpha value is -1.14. The van der Waals surface area contributed by atoms with Crippen LogP contribution in [0.5, 0.6) is 0 Å². The van der Waals surface area contributed by atoms with E-state index in [-0.39, 0.29) is 23.8 Å². The van der Waals surface area contributed by atoms with Crippen LogP contribution in [-0.2, 0) is 14.3 Å². The van der Waals surface area contributed by atoms with Gasteiger partial charge in [0.1, 0.15) is 5.54 Å². The number of amides is 2. The molecule has 0 aromatic carbocycles. The third kappa shape index (κ3) is 3.75. The van der Waals surface area contributed by atoms with Gasteiger partial charge in [0.25, 0.3) is 0 Å². The Morgan fingerprint density at radius 3 is 2.46 bits per heavy atom. The molecule has 1 saturated heterocycles.